The van der Waals surface area contributed by atoms with Gasteiger partial charge in [-0.25, -0.2) is 13.1 Å². The summed E-state index contributed by atoms with van der Waals surface area (Å²) in [4.78, 5) is 14.2. The summed E-state index contributed by atoms with van der Waals surface area (Å²) < 4.78 is 26.7. The molecule has 1 fully saturated rings. The van der Waals surface area contributed by atoms with Crippen LogP contribution < -0.4 is 4.72 Å². The van der Waals surface area contributed by atoms with Gasteiger partial charge in [-0.15, -0.1) is 0 Å². The summed E-state index contributed by atoms with van der Waals surface area (Å²) in [5, 5.41) is 0.479. The summed E-state index contributed by atoms with van der Waals surface area (Å²) in [6.45, 7) is 5.89. The maximum atomic E-state index is 12.2. The van der Waals surface area contributed by atoms with Crippen molar-refractivity contribution in [2.24, 2.45) is 11.8 Å². The fourth-order valence-corrected chi connectivity index (χ4v) is 4.17. The smallest absolute Gasteiger partial charge is 0.240 e. The zero-order valence-corrected chi connectivity index (χ0v) is 15.0. The van der Waals surface area contributed by atoms with Crippen LogP contribution in [0.2, 0.25) is 5.02 Å². The number of carbonyl (C=O) groups is 1. The summed E-state index contributed by atoms with van der Waals surface area (Å²) in [6, 6.07) is 5.94. The number of amides is 1. The van der Waals surface area contributed by atoms with Crippen molar-refractivity contribution in [2.75, 3.05) is 19.6 Å². The van der Waals surface area contributed by atoms with Gasteiger partial charge in [0.25, 0.3) is 0 Å². The molecule has 2 atom stereocenters. The van der Waals surface area contributed by atoms with E-state index < -0.39 is 10.0 Å². The molecule has 1 aromatic carbocycles. The van der Waals surface area contributed by atoms with Gasteiger partial charge in [0.15, 0.2) is 0 Å². The van der Waals surface area contributed by atoms with Crippen molar-refractivity contribution >= 4 is 27.5 Å². The first kappa shape index (κ1) is 18.2. The van der Waals surface area contributed by atoms with Crippen LogP contribution in [-0.2, 0) is 14.8 Å². The Bertz CT molecular complexity index is 636. The number of halogens is 1. The lowest BCUT2D eigenvalue weighted by Gasteiger charge is -2.35. The number of piperidine rings is 1. The molecule has 1 saturated heterocycles. The maximum absolute atomic E-state index is 12.2. The first-order valence-corrected chi connectivity index (χ1v) is 9.67. The Labute approximate surface area is 143 Å². The molecule has 1 amide bonds. The van der Waals surface area contributed by atoms with Crippen LogP contribution in [0.3, 0.4) is 0 Å². The van der Waals surface area contributed by atoms with Gasteiger partial charge in [-0.1, -0.05) is 25.4 Å². The van der Waals surface area contributed by atoms with Crippen LogP contribution in [-0.4, -0.2) is 38.9 Å². The van der Waals surface area contributed by atoms with Crippen LogP contribution in [0.15, 0.2) is 29.2 Å². The van der Waals surface area contributed by atoms with E-state index in [1.54, 1.807) is 0 Å². The third-order valence-electron chi connectivity index (χ3n) is 3.98. The molecule has 1 aromatic rings. The molecule has 1 aliphatic heterocycles. The number of nitrogens with zero attached hydrogens (tertiary/aromatic N) is 1. The highest BCUT2D eigenvalue weighted by atomic mass is 35.5. The molecule has 23 heavy (non-hydrogen) atoms. The molecular formula is C16H23ClN2O3S. The lowest BCUT2D eigenvalue weighted by Crippen LogP contribution is -2.43. The predicted molar refractivity (Wildman–Crippen MR) is 90.8 cm³/mol. The highest BCUT2D eigenvalue weighted by molar-refractivity contribution is 7.89. The van der Waals surface area contributed by atoms with E-state index in [0.717, 1.165) is 19.5 Å². The lowest BCUT2D eigenvalue weighted by molar-refractivity contribution is -0.133. The molecule has 7 heteroatoms. The minimum Gasteiger partial charge on any atom is -0.342 e. The average molecular weight is 359 g/mol. The Morgan fingerprint density at radius 3 is 2.35 bits per heavy atom. The monoisotopic (exact) mass is 358 g/mol. The van der Waals surface area contributed by atoms with Gasteiger partial charge >= 0.3 is 0 Å². The molecule has 1 N–H and O–H groups in total. The Balaban J connectivity index is 1.86. The van der Waals surface area contributed by atoms with Gasteiger partial charge in [0, 0.05) is 31.1 Å². The van der Waals surface area contributed by atoms with Crippen molar-refractivity contribution in [3.8, 4) is 0 Å². The average Bonchev–Trinajstić information content (AvgIpc) is 2.46. The lowest BCUT2D eigenvalue weighted by atomic mass is 9.92. The second-order valence-electron chi connectivity index (χ2n) is 6.35. The number of sulfonamides is 1. The van der Waals surface area contributed by atoms with E-state index in [1.165, 1.54) is 24.3 Å². The van der Waals surface area contributed by atoms with Crippen LogP contribution in [0.25, 0.3) is 0 Å². The zero-order chi connectivity index (χ0) is 17.0. The van der Waals surface area contributed by atoms with Gasteiger partial charge in [0.05, 0.1) is 4.90 Å². The summed E-state index contributed by atoms with van der Waals surface area (Å²) in [5.74, 6) is 0.990. The highest BCUT2D eigenvalue weighted by Crippen LogP contribution is 2.21. The van der Waals surface area contributed by atoms with Gasteiger partial charge in [0.1, 0.15) is 0 Å². The van der Waals surface area contributed by atoms with Crippen molar-refractivity contribution in [3.05, 3.63) is 29.3 Å². The van der Waals surface area contributed by atoms with Gasteiger partial charge in [0.2, 0.25) is 15.9 Å². The molecular weight excluding hydrogens is 336 g/mol. The summed E-state index contributed by atoms with van der Waals surface area (Å²) in [7, 11) is -3.60. The topological polar surface area (TPSA) is 66.5 Å². The van der Waals surface area contributed by atoms with E-state index in [2.05, 4.69) is 18.6 Å². The highest BCUT2D eigenvalue weighted by Gasteiger charge is 2.25. The molecule has 2 unspecified atom stereocenters. The molecule has 0 spiro atoms. The molecule has 0 saturated carbocycles. The molecule has 0 aromatic heterocycles. The summed E-state index contributed by atoms with van der Waals surface area (Å²) in [6.07, 6.45) is 1.30. The zero-order valence-electron chi connectivity index (χ0n) is 13.5. The van der Waals surface area contributed by atoms with Crippen molar-refractivity contribution < 1.29 is 13.2 Å². The van der Waals surface area contributed by atoms with Crippen molar-refractivity contribution in [3.63, 3.8) is 0 Å². The Hall–Kier alpha value is -1.11. The number of nitrogens with one attached hydrogen (secondary N) is 1. The Morgan fingerprint density at radius 2 is 1.78 bits per heavy atom. The van der Waals surface area contributed by atoms with E-state index in [-0.39, 0.29) is 23.8 Å². The normalized spacial score (nSPS) is 22.1. The minimum absolute atomic E-state index is 0.00204. The van der Waals surface area contributed by atoms with Crippen LogP contribution in [0.4, 0.5) is 0 Å². The molecule has 0 bridgehead atoms. The van der Waals surface area contributed by atoms with E-state index in [0.29, 0.717) is 16.9 Å². The van der Waals surface area contributed by atoms with Gasteiger partial charge in [-0.05, 0) is 42.5 Å². The van der Waals surface area contributed by atoms with Crippen LogP contribution >= 0.6 is 11.6 Å². The van der Waals surface area contributed by atoms with Crippen LogP contribution in [0, 0.1) is 11.8 Å². The molecule has 0 radical (unpaired) electrons. The maximum Gasteiger partial charge on any atom is 0.240 e. The number of benzene rings is 1. The molecule has 128 valence electrons. The second kappa shape index (κ2) is 7.64. The second-order valence-corrected chi connectivity index (χ2v) is 8.55. The fourth-order valence-electron chi connectivity index (χ4n) is 3.01. The van der Waals surface area contributed by atoms with E-state index in [9.17, 15) is 13.2 Å². The number of hydrogen-bond donors (Lipinski definition) is 1. The summed E-state index contributed by atoms with van der Waals surface area (Å²) in [5.41, 5.74) is 0. The Kier molecular flexibility index (Phi) is 6.06. The molecule has 0 aliphatic carbocycles. The fraction of sp³-hybridized carbons (Fsp3) is 0.562. The number of hydrogen-bond acceptors (Lipinski definition) is 3. The first-order chi connectivity index (χ1) is 10.8. The van der Waals surface area contributed by atoms with Crippen LogP contribution in [0.1, 0.15) is 26.7 Å². The number of likely N-dealkylation sites (tertiary alicyclic amines) is 1. The molecule has 2 rings (SSSR count). The van der Waals surface area contributed by atoms with E-state index in [1.807, 2.05) is 4.90 Å². The van der Waals surface area contributed by atoms with Gasteiger partial charge < -0.3 is 4.90 Å². The van der Waals surface area contributed by atoms with Crippen LogP contribution in [0.5, 0.6) is 0 Å². The molecule has 1 heterocycles. The SMILES string of the molecule is CC1CC(C)CN(C(=O)CCNS(=O)(=O)c2ccc(Cl)cc2)C1. The standard InChI is InChI=1S/C16H23ClN2O3S/c1-12-9-13(2)11-19(10-12)16(20)7-8-18-23(21,22)15-5-3-14(17)4-6-15/h3-6,12-13,18H,7-11H2,1-2H3. The van der Waals surface area contributed by atoms with Gasteiger partial charge in [-0.3, -0.25) is 4.79 Å². The third kappa shape index (κ3) is 5.19. The largest absolute Gasteiger partial charge is 0.342 e. The predicted octanol–water partition coefficient (Wildman–Crippen LogP) is 2.51. The molecule has 5 nitrogen and oxygen atoms in total. The third-order valence-corrected chi connectivity index (χ3v) is 5.71. The Morgan fingerprint density at radius 1 is 1.22 bits per heavy atom. The minimum atomic E-state index is -3.60. The van der Waals surface area contributed by atoms with Crippen molar-refractivity contribution in [2.45, 2.75) is 31.6 Å². The number of carbonyl (C=O) groups excluding carboxylic acids is 1. The molecule has 1 aliphatic rings. The van der Waals surface area contributed by atoms with E-state index in [4.69, 9.17) is 11.6 Å². The first-order valence-electron chi connectivity index (χ1n) is 7.81. The van der Waals surface area contributed by atoms with Gasteiger partial charge in [-0.2, -0.15) is 0 Å². The quantitative estimate of drug-likeness (QED) is 0.879. The van der Waals surface area contributed by atoms with Crippen molar-refractivity contribution in [1.82, 2.24) is 9.62 Å². The number of rotatable bonds is 5. The van der Waals surface area contributed by atoms with E-state index >= 15 is 0 Å². The summed E-state index contributed by atoms with van der Waals surface area (Å²) >= 11 is 5.75. The van der Waals surface area contributed by atoms with Crippen molar-refractivity contribution in [1.29, 1.82) is 0 Å².